The van der Waals surface area contributed by atoms with Gasteiger partial charge in [-0.3, -0.25) is 4.98 Å². The Hall–Kier alpha value is -2.87. The van der Waals surface area contributed by atoms with Crippen LogP contribution in [-0.2, 0) is 22.6 Å². The van der Waals surface area contributed by atoms with E-state index < -0.39 is 6.09 Å². The quantitative estimate of drug-likeness (QED) is 0.852. The standard InChI is InChI=1S/C20H23FN4O3/c1-2-27-20(26)23-9-16-11-25(13-28-16)15-5-6-19(17(21)8-15)24-10-14-4-3-7-22-18(14)12-24/h3-8,16H,2,9-13H2,1H3,(H,23,26)/t16-/m0/s1. The maximum Gasteiger partial charge on any atom is 0.407 e. The Balaban J connectivity index is 1.37. The maximum atomic E-state index is 14.8. The molecular formula is C20H23FN4O3. The molecule has 0 bridgehead atoms. The number of hydrogen-bond donors (Lipinski definition) is 1. The molecule has 0 radical (unpaired) electrons. The molecule has 3 heterocycles. The van der Waals surface area contributed by atoms with Crippen molar-refractivity contribution in [2.24, 2.45) is 0 Å². The first-order valence-electron chi connectivity index (χ1n) is 9.38. The number of hydrogen-bond acceptors (Lipinski definition) is 6. The molecule has 4 rings (SSSR count). The first-order valence-corrected chi connectivity index (χ1v) is 9.38. The molecule has 1 fully saturated rings. The number of anilines is 2. The zero-order valence-electron chi connectivity index (χ0n) is 15.7. The summed E-state index contributed by atoms with van der Waals surface area (Å²) in [6, 6.07) is 9.18. The number of benzene rings is 1. The molecule has 148 valence electrons. The molecule has 28 heavy (non-hydrogen) atoms. The van der Waals surface area contributed by atoms with E-state index in [1.54, 1.807) is 19.2 Å². The van der Waals surface area contributed by atoms with E-state index >= 15 is 0 Å². The largest absolute Gasteiger partial charge is 0.450 e. The van der Waals surface area contributed by atoms with Crippen LogP contribution in [0.3, 0.4) is 0 Å². The smallest absolute Gasteiger partial charge is 0.407 e. The van der Waals surface area contributed by atoms with Gasteiger partial charge in [-0.2, -0.15) is 0 Å². The highest BCUT2D eigenvalue weighted by Crippen LogP contribution is 2.32. The summed E-state index contributed by atoms with van der Waals surface area (Å²) < 4.78 is 25.3. The van der Waals surface area contributed by atoms with Crippen LogP contribution in [0.2, 0.25) is 0 Å². The van der Waals surface area contributed by atoms with Gasteiger partial charge >= 0.3 is 6.09 Å². The summed E-state index contributed by atoms with van der Waals surface area (Å²) in [4.78, 5) is 19.7. The number of fused-ring (bicyclic) bond motifs is 1. The average molecular weight is 386 g/mol. The van der Waals surface area contributed by atoms with Crippen LogP contribution in [0.25, 0.3) is 0 Å². The van der Waals surface area contributed by atoms with E-state index in [1.165, 1.54) is 6.07 Å². The Bertz CT molecular complexity index is 838. The predicted molar refractivity (Wildman–Crippen MR) is 103 cm³/mol. The van der Waals surface area contributed by atoms with Crippen molar-refractivity contribution in [3.8, 4) is 0 Å². The SMILES string of the molecule is CCOC(=O)NC[C@H]1CN(c2ccc(N3Cc4cccnc4C3)c(F)c2)CO1. The number of halogens is 1. The molecule has 0 unspecified atom stereocenters. The van der Waals surface area contributed by atoms with Gasteiger partial charge in [0, 0.05) is 31.5 Å². The first-order chi connectivity index (χ1) is 13.6. The van der Waals surface area contributed by atoms with Crippen molar-refractivity contribution in [2.45, 2.75) is 26.1 Å². The third-order valence-corrected chi connectivity index (χ3v) is 4.96. The van der Waals surface area contributed by atoms with Gasteiger partial charge in [-0.15, -0.1) is 0 Å². The van der Waals surface area contributed by atoms with Crippen molar-refractivity contribution < 1.29 is 18.7 Å². The lowest BCUT2D eigenvalue weighted by Gasteiger charge is -2.21. The highest BCUT2D eigenvalue weighted by molar-refractivity contribution is 5.67. The molecule has 1 N–H and O–H groups in total. The van der Waals surface area contributed by atoms with Crippen LogP contribution in [0.15, 0.2) is 36.5 Å². The van der Waals surface area contributed by atoms with Crippen LogP contribution in [0.5, 0.6) is 0 Å². The predicted octanol–water partition coefficient (Wildman–Crippen LogP) is 2.65. The number of nitrogens with one attached hydrogen (secondary N) is 1. The van der Waals surface area contributed by atoms with E-state index in [-0.39, 0.29) is 11.9 Å². The molecule has 0 aliphatic carbocycles. The van der Waals surface area contributed by atoms with E-state index in [4.69, 9.17) is 9.47 Å². The van der Waals surface area contributed by atoms with Gasteiger partial charge in [0.15, 0.2) is 0 Å². The van der Waals surface area contributed by atoms with E-state index in [9.17, 15) is 9.18 Å². The Morgan fingerprint density at radius 2 is 2.25 bits per heavy atom. The fourth-order valence-electron chi connectivity index (χ4n) is 3.55. The summed E-state index contributed by atoms with van der Waals surface area (Å²) in [5, 5.41) is 2.66. The number of amides is 1. The third kappa shape index (κ3) is 3.87. The zero-order valence-corrected chi connectivity index (χ0v) is 15.7. The second-order valence-electron chi connectivity index (χ2n) is 6.84. The minimum absolute atomic E-state index is 0.161. The summed E-state index contributed by atoms with van der Waals surface area (Å²) in [7, 11) is 0. The lowest BCUT2D eigenvalue weighted by molar-refractivity contribution is 0.107. The monoisotopic (exact) mass is 386 g/mol. The van der Waals surface area contributed by atoms with Gasteiger partial charge in [-0.05, 0) is 36.8 Å². The number of alkyl carbamates (subject to hydrolysis) is 1. The Kier molecular flexibility index (Phi) is 5.29. The van der Waals surface area contributed by atoms with Gasteiger partial charge in [0.1, 0.15) is 12.5 Å². The van der Waals surface area contributed by atoms with E-state index in [0.29, 0.717) is 45.2 Å². The first kappa shape index (κ1) is 18.5. The number of pyridine rings is 1. The van der Waals surface area contributed by atoms with Crippen LogP contribution < -0.4 is 15.1 Å². The van der Waals surface area contributed by atoms with Crippen molar-refractivity contribution in [1.82, 2.24) is 10.3 Å². The summed E-state index contributed by atoms with van der Waals surface area (Å²) in [6.45, 7) is 4.64. The Morgan fingerprint density at radius 1 is 1.36 bits per heavy atom. The summed E-state index contributed by atoms with van der Waals surface area (Å²) in [6.07, 6.45) is 1.15. The Morgan fingerprint density at radius 3 is 3.04 bits per heavy atom. The summed E-state index contributed by atoms with van der Waals surface area (Å²) >= 11 is 0. The van der Waals surface area contributed by atoms with Gasteiger partial charge in [0.05, 0.1) is 30.6 Å². The van der Waals surface area contributed by atoms with E-state index in [0.717, 1.165) is 16.9 Å². The number of aromatic nitrogens is 1. The number of rotatable bonds is 5. The molecule has 1 amide bonds. The van der Waals surface area contributed by atoms with Gasteiger partial charge < -0.3 is 24.6 Å². The molecule has 1 atom stereocenters. The van der Waals surface area contributed by atoms with Crippen LogP contribution in [0, 0.1) is 5.82 Å². The molecule has 0 saturated carbocycles. The number of carbonyl (C=O) groups excluding carboxylic acids is 1. The number of ether oxygens (including phenoxy) is 2. The molecule has 2 aliphatic rings. The van der Waals surface area contributed by atoms with Gasteiger partial charge in [0.2, 0.25) is 0 Å². The summed E-state index contributed by atoms with van der Waals surface area (Å²) in [5.74, 6) is -0.265. The number of nitrogens with zero attached hydrogens (tertiary/aromatic N) is 3. The number of carbonyl (C=O) groups is 1. The van der Waals surface area contributed by atoms with Crippen LogP contribution in [0.4, 0.5) is 20.6 Å². The fraction of sp³-hybridized carbons (Fsp3) is 0.400. The maximum absolute atomic E-state index is 14.8. The highest BCUT2D eigenvalue weighted by Gasteiger charge is 2.26. The molecule has 2 aromatic rings. The van der Waals surface area contributed by atoms with Crippen molar-refractivity contribution >= 4 is 17.5 Å². The molecule has 8 heteroatoms. The molecule has 7 nitrogen and oxygen atoms in total. The molecule has 1 saturated heterocycles. The normalized spacial score (nSPS) is 18.3. The van der Waals surface area contributed by atoms with E-state index in [1.807, 2.05) is 28.0 Å². The van der Waals surface area contributed by atoms with Crippen molar-refractivity contribution in [2.75, 3.05) is 36.2 Å². The minimum atomic E-state index is -0.457. The topological polar surface area (TPSA) is 66.9 Å². The molecule has 2 aliphatic heterocycles. The van der Waals surface area contributed by atoms with Crippen molar-refractivity contribution in [3.05, 3.63) is 53.6 Å². The van der Waals surface area contributed by atoms with Gasteiger partial charge in [0.25, 0.3) is 0 Å². The summed E-state index contributed by atoms with van der Waals surface area (Å²) in [5.41, 5.74) is 3.46. The van der Waals surface area contributed by atoms with Gasteiger partial charge in [-0.1, -0.05) is 6.07 Å². The van der Waals surface area contributed by atoms with E-state index in [2.05, 4.69) is 10.3 Å². The molecule has 1 aromatic carbocycles. The molecule has 1 aromatic heterocycles. The average Bonchev–Trinajstić information content (AvgIpc) is 3.33. The van der Waals surface area contributed by atoms with Crippen LogP contribution >= 0.6 is 0 Å². The fourth-order valence-corrected chi connectivity index (χ4v) is 3.55. The minimum Gasteiger partial charge on any atom is -0.450 e. The highest BCUT2D eigenvalue weighted by atomic mass is 19.1. The lowest BCUT2D eigenvalue weighted by atomic mass is 10.2. The van der Waals surface area contributed by atoms with Crippen molar-refractivity contribution in [1.29, 1.82) is 0 Å². The third-order valence-electron chi connectivity index (χ3n) is 4.96. The Labute approximate surface area is 163 Å². The lowest BCUT2D eigenvalue weighted by Crippen LogP contribution is -2.34. The second kappa shape index (κ2) is 8.02. The van der Waals surface area contributed by atoms with Crippen molar-refractivity contribution in [3.63, 3.8) is 0 Å². The zero-order chi connectivity index (χ0) is 19.5. The molecule has 0 spiro atoms. The molecular weight excluding hydrogens is 363 g/mol. The van der Waals surface area contributed by atoms with Crippen LogP contribution in [-0.4, -0.2) is 43.6 Å². The van der Waals surface area contributed by atoms with Gasteiger partial charge in [-0.25, -0.2) is 9.18 Å². The van der Waals surface area contributed by atoms with Crippen LogP contribution in [0.1, 0.15) is 18.2 Å². The second-order valence-corrected chi connectivity index (χ2v) is 6.84.